The summed E-state index contributed by atoms with van der Waals surface area (Å²) in [6.45, 7) is 2.91. The molecule has 1 aromatic rings. The Labute approximate surface area is 114 Å². The number of hydrogen-bond acceptors (Lipinski definition) is 2. The minimum absolute atomic E-state index is 0.192. The van der Waals surface area contributed by atoms with Crippen molar-refractivity contribution in [1.29, 1.82) is 0 Å². The largest absolute Gasteiger partial charge is 0.496 e. The second-order valence-electron chi connectivity index (χ2n) is 5.28. The number of ether oxygens (including phenoxy) is 2. The van der Waals surface area contributed by atoms with Crippen LogP contribution < -0.4 is 4.74 Å². The molecule has 0 aromatic heterocycles. The van der Waals surface area contributed by atoms with Gasteiger partial charge in [0.05, 0.1) is 13.7 Å². The van der Waals surface area contributed by atoms with Crippen molar-refractivity contribution in [2.24, 2.45) is 5.92 Å². The molecule has 0 saturated carbocycles. The number of rotatable bonds is 4. The fraction of sp³-hybridized carbons (Fsp3) is 0.571. The van der Waals surface area contributed by atoms with Crippen LogP contribution in [0.1, 0.15) is 25.3 Å². The Bertz CT molecular complexity index is 492. The van der Waals surface area contributed by atoms with Gasteiger partial charge in [0.15, 0.2) is 5.60 Å². The molecule has 2 unspecified atom stereocenters. The molecule has 0 spiro atoms. The van der Waals surface area contributed by atoms with E-state index >= 15 is 0 Å². The monoisotopic (exact) mass is 292 g/mol. The lowest BCUT2D eigenvalue weighted by atomic mass is 9.77. The highest BCUT2D eigenvalue weighted by molar-refractivity contribution is 5.40. The molecule has 1 aliphatic heterocycles. The first-order chi connectivity index (χ1) is 9.23. The van der Waals surface area contributed by atoms with Crippen molar-refractivity contribution in [2.45, 2.75) is 31.5 Å². The summed E-state index contributed by atoms with van der Waals surface area (Å²) in [5, 5.41) is 0. The molecule has 0 radical (unpaired) electrons. The van der Waals surface area contributed by atoms with Crippen molar-refractivity contribution in [3.05, 3.63) is 29.6 Å². The summed E-state index contributed by atoms with van der Waals surface area (Å²) in [7, 11) is 1.35. The van der Waals surface area contributed by atoms with Crippen molar-refractivity contribution in [1.82, 2.24) is 0 Å². The number of hydrogen-bond donors (Lipinski definition) is 0. The standard InChI is InChI=1S/C14H16F4O2/c1-8(2)12(13(7-20-13)14(16,17)18)10-6-9(15)4-5-11(10)19-3/h4-6,8,12H,7H2,1-3H3. The van der Waals surface area contributed by atoms with Gasteiger partial charge in [0, 0.05) is 11.5 Å². The quantitative estimate of drug-likeness (QED) is 0.620. The number of methoxy groups -OCH3 is 1. The van der Waals surface area contributed by atoms with E-state index in [1.807, 2.05) is 0 Å². The smallest absolute Gasteiger partial charge is 0.420 e. The van der Waals surface area contributed by atoms with Gasteiger partial charge < -0.3 is 9.47 Å². The maximum atomic E-state index is 13.4. The molecule has 2 atom stereocenters. The van der Waals surface area contributed by atoms with E-state index in [9.17, 15) is 17.6 Å². The van der Waals surface area contributed by atoms with Crippen LogP contribution in [0.4, 0.5) is 17.6 Å². The zero-order valence-electron chi connectivity index (χ0n) is 11.4. The Kier molecular flexibility index (Phi) is 3.71. The normalized spacial score (nSPS) is 23.8. The van der Waals surface area contributed by atoms with E-state index in [2.05, 4.69) is 0 Å². The number of benzene rings is 1. The highest BCUT2D eigenvalue weighted by atomic mass is 19.4. The summed E-state index contributed by atoms with van der Waals surface area (Å²) < 4.78 is 63.1. The summed E-state index contributed by atoms with van der Waals surface area (Å²) >= 11 is 0. The second kappa shape index (κ2) is 4.91. The third-order valence-electron chi connectivity index (χ3n) is 3.63. The molecule has 2 rings (SSSR count). The summed E-state index contributed by atoms with van der Waals surface area (Å²) in [5.74, 6) is -1.74. The summed E-state index contributed by atoms with van der Waals surface area (Å²) in [6, 6.07) is 3.60. The Morgan fingerprint density at radius 2 is 1.90 bits per heavy atom. The summed E-state index contributed by atoms with van der Waals surface area (Å²) in [4.78, 5) is 0. The topological polar surface area (TPSA) is 21.8 Å². The lowest BCUT2D eigenvalue weighted by Gasteiger charge is -2.30. The molecule has 0 bridgehead atoms. The predicted octanol–water partition coefficient (Wildman–Crippen LogP) is 3.91. The van der Waals surface area contributed by atoms with Gasteiger partial charge in [0.1, 0.15) is 11.6 Å². The Morgan fingerprint density at radius 3 is 2.30 bits per heavy atom. The third kappa shape index (κ3) is 2.37. The average molecular weight is 292 g/mol. The molecule has 6 heteroatoms. The zero-order chi connectivity index (χ0) is 15.1. The Morgan fingerprint density at radius 1 is 1.30 bits per heavy atom. The molecule has 0 aliphatic carbocycles. The van der Waals surface area contributed by atoms with Crippen molar-refractivity contribution in [2.75, 3.05) is 13.7 Å². The van der Waals surface area contributed by atoms with E-state index in [1.54, 1.807) is 13.8 Å². The van der Waals surface area contributed by atoms with Crippen LogP contribution in [0.5, 0.6) is 5.75 Å². The molecule has 112 valence electrons. The molecule has 1 aliphatic rings. The zero-order valence-corrected chi connectivity index (χ0v) is 11.4. The van der Waals surface area contributed by atoms with Crippen molar-refractivity contribution in [3.63, 3.8) is 0 Å². The molecule has 0 N–H and O–H groups in total. The van der Waals surface area contributed by atoms with Gasteiger partial charge in [-0.2, -0.15) is 13.2 Å². The Balaban J connectivity index is 2.53. The highest BCUT2D eigenvalue weighted by Crippen LogP contribution is 2.56. The van der Waals surface area contributed by atoms with E-state index in [-0.39, 0.29) is 17.2 Å². The van der Waals surface area contributed by atoms with Gasteiger partial charge >= 0.3 is 6.18 Å². The molecule has 1 fully saturated rings. The first-order valence-electron chi connectivity index (χ1n) is 6.27. The lowest BCUT2D eigenvalue weighted by Crippen LogP contribution is -2.41. The van der Waals surface area contributed by atoms with Crippen molar-refractivity contribution < 1.29 is 27.0 Å². The van der Waals surface area contributed by atoms with Gasteiger partial charge in [-0.05, 0) is 24.1 Å². The predicted molar refractivity (Wildman–Crippen MR) is 65.3 cm³/mol. The van der Waals surface area contributed by atoms with Crippen LogP contribution in [0.25, 0.3) is 0 Å². The minimum atomic E-state index is -4.50. The van der Waals surface area contributed by atoms with E-state index in [0.717, 1.165) is 12.1 Å². The number of alkyl halides is 3. The van der Waals surface area contributed by atoms with Gasteiger partial charge in [-0.25, -0.2) is 4.39 Å². The molecular weight excluding hydrogens is 276 g/mol. The average Bonchev–Trinajstić information content (AvgIpc) is 3.10. The number of epoxide rings is 1. The van der Waals surface area contributed by atoms with Gasteiger partial charge in [0.2, 0.25) is 0 Å². The van der Waals surface area contributed by atoms with Crippen LogP contribution in [0, 0.1) is 11.7 Å². The first-order valence-corrected chi connectivity index (χ1v) is 6.27. The van der Waals surface area contributed by atoms with E-state index in [0.29, 0.717) is 0 Å². The van der Waals surface area contributed by atoms with Gasteiger partial charge in [-0.3, -0.25) is 0 Å². The molecule has 1 saturated heterocycles. The van der Waals surface area contributed by atoms with E-state index in [4.69, 9.17) is 9.47 Å². The molecule has 1 heterocycles. The summed E-state index contributed by atoms with van der Waals surface area (Å²) in [6.07, 6.45) is -4.50. The fourth-order valence-electron chi connectivity index (χ4n) is 2.69. The Hall–Kier alpha value is -1.30. The molecule has 20 heavy (non-hydrogen) atoms. The fourth-order valence-corrected chi connectivity index (χ4v) is 2.69. The molecule has 1 aromatic carbocycles. The molecule has 0 amide bonds. The molecular formula is C14H16F4O2. The van der Waals surface area contributed by atoms with Crippen LogP contribution in [-0.2, 0) is 4.74 Å². The number of halogens is 4. The lowest BCUT2D eigenvalue weighted by molar-refractivity contribution is -0.193. The SMILES string of the molecule is COc1ccc(F)cc1C(C(C)C)C1(C(F)(F)F)CO1. The van der Waals surface area contributed by atoms with Crippen LogP contribution in [0.3, 0.4) is 0 Å². The summed E-state index contributed by atoms with van der Waals surface area (Å²) in [5.41, 5.74) is -2.04. The molecule has 2 nitrogen and oxygen atoms in total. The third-order valence-corrected chi connectivity index (χ3v) is 3.63. The van der Waals surface area contributed by atoms with Crippen LogP contribution in [-0.4, -0.2) is 25.5 Å². The van der Waals surface area contributed by atoms with E-state index in [1.165, 1.54) is 13.2 Å². The van der Waals surface area contributed by atoms with Gasteiger partial charge in [0.25, 0.3) is 0 Å². The van der Waals surface area contributed by atoms with Crippen LogP contribution >= 0.6 is 0 Å². The van der Waals surface area contributed by atoms with Crippen LogP contribution in [0.2, 0.25) is 0 Å². The van der Waals surface area contributed by atoms with Crippen molar-refractivity contribution in [3.8, 4) is 5.75 Å². The highest BCUT2D eigenvalue weighted by Gasteiger charge is 2.70. The first kappa shape index (κ1) is 15.1. The second-order valence-corrected chi connectivity index (χ2v) is 5.28. The minimum Gasteiger partial charge on any atom is -0.496 e. The van der Waals surface area contributed by atoms with E-state index < -0.39 is 30.1 Å². The van der Waals surface area contributed by atoms with Crippen LogP contribution in [0.15, 0.2) is 18.2 Å². The van der Waals surface area contributed by atoms with Crippen molar-refractivity contribution >= 4 is 0 Å². The maximum absolute atomic E-state index is 13.4. The maximum Gasteiger partial charge on any atom is 0.420 e. The van der Waals surface area contributed by atoms with Gasteiger partial charge in [-0.1, -0.05) is 13.8 Å². The van der Waals surface area contributed by atoms with Gasteiger partial charge in [-0.15, -0.1) is 0 Å².